The van der Waals surface area contributed by atoms with E-state index in [1.165, 1.54) is 11.1 Å². The van der Waals surface area contributed by atoms with Crippen LogP contribution in [-0.2, 0) is 24.2 Å². The molecule has 1 aromatic carbocycles. The van der Waals surface area contributed by atoms with Gasteiger partial charge >= 0.3 is 0 Å². The summed E-state index contributed by atoms with van der Waals surface area (Å²) in [4.78, 5) is 14.2. The Morgan fingerprint density at radius 3 is 2.63 bits per heavy atom. The summed E-state index contributed by atoms with van der Waals surface area (Å²) in [6, 6.07) is 8.33. The average Bonchev–Trinajstić information content (AvgIpc) is 3.05. The summed E-state index contributed by atoms with van der Waals surface area (Å²) in [5, 5.41) is 6.67. The predicted octanol–water partition coefficient (Wildman–Crippen LogP) is 1.78. The third-order valence-corrected chi connectivity index (χ3v) is 3.75. The minimum atomic E-state index is 0.0919. The Morgan fingerprint density at radius 1 is 1.37 bits per heavy atom. The SMILES string of the molecule is CN(Cc1cn[nH]c1)C(=O)C1Cc2ccccc2C1. The fourth-order valence-corrected chi connectivity index (χ4v) is 2.76. The number of fused-ring (bicyclic) bond motifs is 1. The smallest absolute Gasteiger partial charge is 0.226 e. The van der Waals surface area contributed by atoms with Crippen LogP contribution < -0.4 is 0 Å². The molecule has 0 radical (unpaired) electrons. The molecular weight excluding hydrogens is 238 g/mol. The molecule has 1 amide bonds. The van der Waals surface area contributed by atoms with E-state index in [1.807, 2.05) is 25.4 Å². The lowest BCUT2D eigenvalue weighted by Gasteiger charge is -2.20. The standard InChI is InChI=1S/C15H17N3O/c1-18(10-11-8-16-17-9-11)15(19)14-6-12-4-2-3-5-13(12)7-14/h2-5,8-9,14H,6-7,10H2,1H3,(H,16,17). The minimum Gasteiger partial charge on any atom is -0.341 e. The lowest BCUT2D eigenvalue weighted by atomic mass is 10.0. The van der Waals surface area contributed by atoms with E-state index >= 15 is 0 Å². The number of rotatable bonds is 3. The normalized spacial score (nSPS) is 14.4. The van der Waals surface area contributed by atoms with E-state index in [4.69, 9.17) is 0 Å². The lowest BCUT2D eigenvalue weighted by molar-refractivity contribution is -0.134. The van der Waals surface area contributed by atoms with Crippen LogP contribution in [0.2, 0.25) is 0 Å². The van der Waals surface area contributed by atoms with Gasteiger partial charge in [0.05, 0.1) is 6.20 Å². The summed E-state index contributed by atoms with van der Waals surface area (Å²) in [5.41, 5.74) is 3.67. The highest BCUT2D eigenvalue weighted by Gasteiger charge is 2.29. The molecule has 3 rings (SSSR count). The Labute approximate surface area is 112 Å². The number of benzene rings is 1. The molecule has 0 saturated carbocycles. The van der Waals surface area contributed by atoms with Gasteiger partial charge in [0.25, 0.3) is 0 Å². The monoisotopic (exact) mass is 255 g/mol. The fourth-order valence-electron chi connectivity index (χ4n) is 2.76. The summed E-state index contributed by atoms with van der Waals surface area (Å²) in [5.74, 6) is 0.312. The van der Waals surface area contributed by atoms with Gasteiger partial charge in [-0.3, -0.25) is 9.89 Å². The molecule has 0 fully saturated rings. The predicted molar refractivity (Wildman–Crippen MR) is 72.4 cm³/mol. The zero-order valence-corrected chi connectivity index (χ0v) is 11.0. The van der Waals surface area contributed by atoms with Gasteiger partial charge in [-0.1, -0.05) is 24.3 Å². The molecule has 0 aliphatic heterocycles. The number of carbonyl (C=O) groups is 1. The molecule has 0 spiro atoms. The molecule has 1 N–H and O–H groups in total. The largest absolute Gasteiger partial charge is 0.341 e. The second-order valence-corrected chi connectivity index (χ2v) is 5.17. The highest BCUT2D eigenvalue weighted by molar-refractivity contribution is 5.80. The highest BCUT2D eigenvalue weighted by Crippen LogP contribution is 2.27. The molecule has 4 heteroatoms. The van der Waals surface area contributed by atoms with Crippen LogP contribution in [0.5, 0.6) is 0 Å². The van der Waals surface area contributed by atoms with Gasteiger partial charge in [0, 0.05) is 31.3 Å². The molecule has 19 heavy (non-hydrogen) atoms. The number of nitrogens with one attached hydrogen (secondary N) is 1. The lowest BCUT2D eigenvalue weighted by Crippen LogP contribution is -2.32. The molecule has 0 bridgehead atoms. The number of aromatic nitrogens is 2. The first kappa shape index (κ1) is 12.0. The number of hydrogen-bond acceptors (Lipinski definition) is 2. The maximum atomic E-state index is 12.4. The molecule has 1 aromatic heterocycles. The maximum absolute atomic E-state index is 12.4. The Bertz CT molecular complexity index is 552. The molecule has 98 valence electrons. The zero-order valence-electron chi connectivity index (χ0n) is 11.0. The van der Waals surface area contributed by atoms with E-state index in [2.05, 4.69) is 22.3 Å². The molecule has 0 atom stereocenters. The minimum absolute atomic E-state index is 0.0919. The fraction of sp³-hybridized carbons (Fsp3) is 0.333. The first-order valence-corrected chi connectivity index (χ1v) is 6.53. The summed E-state index contributed by atoms with van der Waals surface area (Å²) >= 11 is 0. The van der Waals surface area contributed by atoms with Gasteiger partial charge in [0.1, 0.15) is 0 Å². The van der Waals surface area contributed by atoms with Crippen molar-refractivity contribution in [3.05, 3.63) is 53.3 Å². The number of carbonyl (C=O) groups excluding carboxylic acids is 1. The van der Waals surface area contributed by atoms with Crippen molar-refractivity contribution in [2.24, 2.45) is 5.92 Å². The van der Waals surface area contributed by atoms with Gasteiger partial charge in [-0.15, -0.1) is 0 Å². The van der Waals surface area contributed by atoms with Crippen LogP contribution in [0.15, 0.2) is 36.7 Å². The van der Waals surface area contributed by atoms with Gasteiger partial charge in [-0.05, 0) is 24.0 Å². The number of nitrogens with zero attached hydrogens (tertiary/aromatic N) is 2. The van der Waals surface area contributed by atoms with Crippen molar-refractivity contribution in [1.29, 1.82) is 0 Å². The molecule has 4 nitrogen and oxygen atoms in total. The highest BCUT2D eigenvalue weighted by atomic mass is 16.2. The Balaban J connectivity index is 1.66. The molecular formula is C15H17N3O. The van der Waals surface area contributed by atoms with Crippen molar-refractivity contribution >= 4 is 5.91 Å². The van der Waals surface area contributed by atoms with Crippen molar-refractivity contribution in [3.63, 3.8) is 0 Å². The first-order valence-electron chi connectivity index (χ1n) is 6.53. The summed E-state index contributed by atoms with van der Waals surface area (Å²) in [7, 11) is 1.86. The molecule has 2 aromatic rings. The van der Waals surface area contributed by atoms with Crippen molar-refractivity contribution in [1.82, 2.24) is 15.1 Å². The van der Waals surface area contributed by atoms with Crippen LogP contribution in [-0.4, -0.2) is 28.1 Å². The van der Waals surface area contributed by atoms with Crippen LogP contribution in [0.3, 0.4) is 0 Å². The Kier molecular flexibility index (Phi) is 3.07. The molecule has 0 unspecified atom stereocenters. The zero-order chi connectivity index (χ0) is 13.2. The van der Waals surface area contributed by atoms with E-state index in [-0.39, 0.29) is 11.8 Å². The summed E-state index contributed by atoms with van der Waals surface area (Å²) < 4.78 is 0. The van der Waals surface area contributed by atoms with Gasteiger partial charge in [-0.25, -0.2) is 0 Å². The second kappa shape index (κ2) is 4.88. The van der Waals surface area contributed by atoms with Crippen molar-refractivity contribution in [2.75, 3.05) is 7.05 Å². The third kappa shape index (κ3) is 2.38. The third-order valence-electron chi connectivity index (χ3n) is 3.75. The van der Waals surface area contributed by atoms with Crippen molar-refractivity contribution < 1.29 is 4.79 Å². The van der Waals surface area contributed by atoms with Crippen LogP contribution in [0, 0.1) is 5.92 Å². The molecule has 0 saturated heterocycles. The average molecular weight is 255 g/mol. The maximum Gasteiger partial charge on any atom is 0.226 e. The van der Waals surface area contributed by atoms with Crippen molar-refractivity contribution in [2.45, 2.75) is 19.4 Å². The van der Waals surface area contributed by atoms with E-state index in [1.54, 1.807) is 11.1 Å². The van der Waals surface area contributed by atoms with Crippen LogP contribution in [0.1, 0.15) is 16.7 Å². The van der Waals surface area contributed by atoms with E-state index in [0.717, 1.165) is 18.4 Å². The molecule has 1 aliphatic carbocycles. The Morgan fingerprint density at radius 2 is 2.05 bits per heavy atom. The number of amides is 1. The Hall–Kier alpha value is -2.10. The van der Waals surface area contributed by atoms with Crippen molar-refractivity contribution in [3.8, 4) is 0 Å². The topological polar surface area (TPSA) is 49.0 Å². The van der Waals surface area contributed by atoms with Gasteiger partial charge in [0.15, 0.2) is 0 Å². The molecule has 1 aliphatic rings. The van der Waals surface area contributed by atoms with Crippen LogP contribution >= 0.6 is 0 Å². The van der Waals surface area contributed by atoms with E-state index in [0.29, 0.717) is 6.54 Å². The number of H-pyrrole nitrogens is 1. The summed E-state index contributed by atoms with van der Waals surface area (Å²) in [6.45, 7) is 0.613. The number of hydrogen-bond donors (Lipinski definition) is 1. The summed E-state index contributed by atoms with van der Waals surface area (Å²) in [6.07, 6.45) is 5.32. The first-order chi connectivity index (χ1) is 9.24. The van der Waals surface area contributed by atoms with Gasteiger partial charge in [0.2, 0.25) is 5.91 Å². The van der Waals surface area contributed by atoms with E-state index < -0.39 is 0 Å². The van der Waals surface area contributed by atoms with E-state index in [9.17, 15) is 4.79 Å². The van der Waals surface area contributed by atoms with Crippen LogP contribution in [0.25, 0.3) is 0 Å². The number of aromatic amines is 1. The second-order valence-electron chi connectivity index (χ2n) is 5.17. The quantitative estimate of drug-likeness (QED) is 0.909. The van der Waals surface area contributed by atoms with Crippen LogP contribution in [0.4, 0.5) is 0 Å². The van der Waals surface area contributed by atoms with Gasteiger partial charge in [-0.2, -0.15) is 5.10 Å². The van der Waals surface area contributed by atoms with Gasteiger partial charge < -0.3 is 4.90 Å². The molecule has 1 heterocycles.